The molecule has 0 spiro atoms. The lowest BCUT2D eigenvalue weighted by molar-refractivity contribution is -0.136. The van der Waals surface area contributed by atoms with Crippen LogP contribution < -0.4 is 10.1 Å². The van der Waals surface area contributed by atoms with Gasteiger partial charge in [0.15, 0.2) is 0 Å². The van der Waals surface area contributed by atoms with E-state index in [1.807, 2.05) is 39.0 Å². The Morgan fingerprint density at radius 3 is 2.36 bits per heavy atom. The van der Waals surface area contributed by atoms with E-state index in [0.717, 1.165) is 34.8 Å². The molecule has 0 aromatic heterocycles. The monoisotopic (exact) mass is 381 g/mol. The van der Waals surface area contributed by atoms with Crippen molar-refractivity contribution in [1.29, 1.82) is 0 Å². The summed E-state index contributed by atoms with van der Waals surface area (Å²) in [4.78, 5) is 23.8. The number of carboxylic acid groups (broad SMARTS) is 1. The summed E-state index contributed by atoms with van der Waals surface area (Å²) in [6.45, 7) is 6.41. The molecule has 1 aliphatic rings. The lowest BCUT2D eigenvalue weighted by Crippen LogP contribution is -2.16. The summed E-state index contributed by atoms with van der Waals surface area (Å²) in [7, 11) is 0. The second-order valence-corrected chi connectivity index (χ2v) is 7.69. The van der Waals surface area contributed by atoms with Crippen molar-refractivity contribution in [2.24, 2.45) is 5.92 Å². The molecule has 3 rings (SSSR count). The number of aryl methyl sites for hydroxylation is 3. The van der Waals surface area contributed by atoms with Gasteiger partial charge < -0.3 is 15.2 Å². The van der Waals surface area contributed by atoms with Gasteiger partial charge in [0, 0.05) is 11.3 Å². The van der Waals surface area contributed by atoms with Crippen molar-refractivity contribution in [3.63, 3.8) is 0 Å². The maximum Gasteiger partial charge on any atom is 0.307 e. The fourth-order valence-electron chi connectivity index (χ4n) is 3.39. The van der Waals surface area contributed by atoms with Crippen LogP contribution in [0.5, 0.6) is 5.75 Å². The molecular weight excluding hydrogens is 354 g/mol. The average Bonchev–Trinajstić information content (AvgIpc) is 3.41. The summed E-state index contributed by atoms with van der Waals surface area (Å²) < 4.78 is 5.86. The number of carboxylic acids is 1. The maximum absolute atomic E-state index is 12.9. The van der Waals surface area contributed by atoms with Crippen LogP contribution >= 0.6 is 0 Å². The molecular formula is C23H27NO4. The SMILES string of the molecule is Cc1ccc(CC(=O)O)cc1NC(=O)c1c(C)cc(OCCC2CC2)cc1C. The molecule has 1 saturated carbocycles. The van der Waals surface area contributed by atoms with E-state index in [4.69, 9.17) is 9.84 Å². The van der Waals surface area contributed by atoms with E-state index in [2.05, 4.69) is 5.32 Å². The first-order valence-electron chi connectivity index (χ1n) is 9.70. The van der Waals surface area contributed by atoms with E-state index >= 15 is 0 Å². The number of nitrogens with one attached hydrogen (secondary N) is 1. The van der Waals surface area contributed by atoms with E-state index in [1.54, 1.807) is 12.1 Å². The van der Waals surface area contributed by atoms with Crippen LogP contribution in [0.25, 0.3) is 0 Å². The molecule has 0 saturated heterocycles. The molecule has 148 valence electrons. The molecule has 0 aliphatic heterocycles. The molecule has 0 unspecified atom stereocenters. The topological polar surface area (TPSA) is 75.6 Å². The predicted octanol–water partition coefficient (Wildman–Crippen LogP) is 4.67. The Kier molecular flexibility index (Phi) is 6.02. The van der Waals surface area contributed by atoms with Crippen LogP contribution in [0.2, 0.25) is 0 Å². The second-order valence-electron chi connectivity index (χ2n) is 7.69. The van der Waals surface area contributed by atoms with Crippen molar-refractivity contribution in [3.8, 4) is 5.75 Å². The minimum absolute atomic E-state index is 0.0753. The van der Waals surface area contributed by atoms with Gasteiger partial charge >= 0.3 is 5.97 Å². The first kappa shape index (κ1) is 19.9. The number of hydrogen-bond donors (Lipinski definition) is 2. The van der Waals surface area contributed by atoms with Crippen LogP contribution in [0.3, 0.4) is 0 Å². The highest BCUT2D eigenvalue weighted by atomic mass is 16.5. The lowest BCUT2D eigenvalue weighted by Gasteiger charge is -2.15. The summed E-state index contributed by atoms with van der Waals surface area (Å²) in [6, 6.07) is 9.13. The first-order chi connectivity index (χ1) is 13.3. The first-order valence-corrected chi connectivity index (χ1v) is 9.70. The van der Waals surface area contributed by atoms with Gasteiger partial charge in [-0.2, -0.15) is 0 Å². The zero-order valence-corrected chi connectivity index (χ0v) is 16.7. The Morgan fingerprint density at radius 2 is 1.75 bits per heavy atom. The zero-order valence-electron chi connectivity index (χ0n) is 16.7. The van der Waals surface area contributed by atoms with Gasteiger partial charge in [0.2, 0.25) is 0 Å². The molecule has 5 heteroatoms. The molecule has 0 heterocycles. The third kappa shape index (κ3) is 5.12. The molecule has 1 aliphatic carbocycles. The highest BCUT2D eigenvalue weighted by Crippen LogP contribution is 2.32. The molecule has 1 amide bonds. The highest BCUT2D eigenvalue weighted by molar-refractivity contribution is 6.06. The third-order valence-corrected chi connectivity index (χ3v) is 5.13. The number of hydrogen-bond acceptors (Lipinski definition) is 3. The van der Waals surface area contributed by atoms with Crippen LogP contribution in [0.4, 0.5) is 5.69 Å². The molecule has 0 radical (unpaired) electrons. The van der Waals surface area contributed by atoms with Gasteiger partial charge in [0.25, 0.3) is 5.91 Å². The maximum atomic E-state index is 12.9. The number of amides is 1. The minimum atomic E-state index is -0.898. The fourth-order valence-corrected chi connectivity index (χ4v) is 3.39. The number of rotatable bonds is 8. The van der Waals surface area contributed by atoms with Crippen LogP contribution in [0, 0.1) is 26.7 Å². The van der Waals surface area contributed by atoms with Crippen LogP contribution in [0.15, 0.2) is 30.3 Å². The van der Waals surface area contributed by atoms with Crippen LogP contribution in [0.1, 0.15) is 51.9 Å². The van der Waals surface area contributed by atoms with Crippen molar-refractivity contribution in [3.05, 3.63) is 58.1 Å². The number of anilines is 1. The lowest BCUT2D eigenvalue weighted by atomic mass is 10.0. The quantitative estimate of drug-likeness (QED) is 0.697. The Morgan fingerprint density at radius 1 is 1.07 bits per heavy atom. The van der Waals surface area contributed by atoms with E-state index < -0.39 is 5.97 Å². The van der Waals surface area contributed by atoms with E-state index in [0.29, 0.717) is 23.4 Å². The van der Waals surface area contributed by atoms with Crippen molar-refractivity contribution >= 4 is 17.6 Å². The van der Waals surface area contributed by atoms with Crippen molar-refractivity contribution < 1.29 is 19.4 Å². The summed E-state index contributed by atoms with van der Waals surface area (Å²) in [6.07, 6.45) is 3.64. The average molecular weight is 381 g/mol. The summed E-state index contributed by atoms with van der Waals surface area (Å²) in [5.41, 5.74) is 4.51. The number of aliphatic carboxylic acids is 1. The summed E-state index contributed by atoms with van der Waals surface area (Å²) in [5, 5.41) is 11.9. The second kappa shape index (κ2) is 8.46. The van der Waals surface area contributed by atoms with Crippen molar-refractivity contribution in [2.75, 3.05) is 11.9 Å². The molecule has 1 fully saturated rings. The molecule has 2 N–H and O–H groups in total. The summed E-state index contributed by atoms with van der Waals surface area (Å²) in [5.74, 6) is 0.527. The summed E-state index contributed by atoms with van der Waals surface area (Å²) >= 11 is 0. The van der Waals surface area contributed by atoms with E-state index in [1.165, 1.54) is 12.8 Å². The molecule has 2 aromatic rings. The van der Waals surface area contributed by atoms with Crippen molar-refractivity contribution in [2.45, 2.75) is 46.5 Å². The molecule has 2 aromatic carbocycles. The zero-order chi connectivity index (χ0) is 20.3. The van der Waals surface area contributed by atoms with Gasteiger partial charge in [-0.15, -0.1) is 0 Å². The minimum Gasteiger partial charge on any atom is -0.494 e. The smallest absolute Gasteiger partial charge is 0.307 e. The Bertz CT molecular complexity index is 876. The molecule has 28 heavy (non-hydrogen) atoms. The molecule has 5 nitrogen and oxygen atoms in total. The van der Waals surface area contributed by atoms with E-state index in [-0.39, 0.29) is 12.3 Å². The Balaban J connectivity index is 1.73. The normalized spacial score (nSPS) is 13.2. The van der Waals surface area contributed by atoms with Crippen LogP contribution in [-0.2, 0) is 11.2 Å². The van der Waals surface area contributed by atoms with Gasteiger partial charge in [-0.25, -0.2) is 0 Å². The number of carbonyl (C=O) groups is 2. The number of ether oxygens (including phenoxy) is 1. The van der Waals surface area contributed by atoms with E-state index in [9.17, 15) is 9.59 Å². The largest absolute Gasteiger partial charge is 0.494 e. The van der Waals surface area contributed by atoms with Crippen LogP contribution in [-0.4, -0.2) is 23.6 Å². The van der Waals surface area contributed by atoms with Gasteiger partial charge in [-0.1, -0.05) is 25.0 Å². The Hall–Kier alpha value is -2.82. The Labute approximate surface area is 165 Å². The highest BCUT2D eigenvalue weighted by Gasteiger charge is 2.21. The third-order valence-electron chi connectivity index (χ3n) is 5.13. The molecule has 0 atom stereocenters. The number of benzene rings is 2. The van der Waals surface area contributed by atoms with Crippen molar-refractivity contribution in [1.82, 2.24) is 0 Å². The van der Waals surface area contributed by atoms with Gasteiger partial charge in [0.1, 0.15) is 5.75 Å². The van der Waals surface area contributed by atoms with Gasteiger partial charge in [-0.3, -0.25) is 9.59 Å². The van der Waals surface area contributed by atoms with Gasteiger partial charge in [0.05, 0.1) is 13.0 Å². The standard InChI is InChI=1S/C23H27NO4/c1-14-4-5-18(13-21(25)26)12-20(14)24-23(27)22-15(2)10-19(11-16(22)3)28-9-8-17-6-7-17/h4-5,10-12,17H,6-9,13H2,1-3H3,(H,24,27)(H,25,26). The predicted molar refractivity (Wildman–Crippen MR) is 109 cm³/mol. The fraction of sp³-hybridized carbons (Fsp3) is 0.391. The van der Waals surface area contributed by atoms with Gasteiger partial charge in [-0.05, 0) is 73.6 Å². The number of carbonyl (C=O) groups excluding carboxylic acids is 1. The molecule has 0 bridgehead atoms.